The van der Waals surface area contributed by atoms with Gasteiger partial charge in [-0.15, -0.1) is 0 Å². The molecule has 0 spiro atoms. The zero-order valence-electron chi connectivity index (χ0n) is 20.0. The predicted molar refractivity (Wildman–Crippen MR) is 131 cm³/mol. The molecular weight excluding hydrogens is 471 g/mol. The molecule has 3 aromatic carbocycles. The zero-order chi connectivity index (χ0) is 25.8. The average Bonchev–Trinajstić information content (AvgIpc) is 2.85. The fourth-order valence-corrected chi connectivity index (χ4v) is 5.38. The minimum absolute atomic E-state index is 0.00950. The van der Waals surface area contributed by atoms with Crippen LogP contribution in [0.5, 0.6) is 5.75 Å². The van der Waals surface area contributed by atoms with Gasteiger partial charge in [-0.25, -0.2) is 17.6 Å². The number of carboxylic acid groups (broad SMARTS) is 1. The Bertz CT molecular complexity index is 1300. The Morgan fingerprint density at radius 2 is 1.69 bits per heavy atom. The number of sulfonamides is 1. The molecular formula is C26H29FN2O5S. The largest absolute Gasteiger partial charge is 0.497 e. The van der Waals surface area contributed by atoms with Crippen LogP contribution >= 0.6 is 0 Å². The van der Waals surface area contributed by atoms with Gasteiger partial charge in [-0.05, 0) is 66.4 Å². The molecule has 2 unspecified atom stereocenters. The Labute approximate surface area is 205 Å². The van der Waals surface area contributed by atoms with E-state index in [2.05, 4.69) is 10.0 Å². The van der Waals surface area contributed by atoms with E-state index in [1.165, 1.54) is 44.4 Å². The van der Waals surface area contributed by atoms with Gasteiger partial charge in [-0.3, -0.25) is 5.32 Å². The highest BCUT2D eigenvalue weighted by Gasteiger charge is 2.49. The summed E-state index contributed by atoms with van der Waals surface area (Å²) in [5.41, 5.74) is -0.162. The molecule has 186 valence electrons. The van der Waals surface area contributed by atoms with Gasteiger partial charge in [0.15, 0.2) is 5.66 Å². The fraction of sp³-hybridized carbons (Fsp3) is 0.269. The topological polar surface area (TPSA) is 105 Å². The quantitative estimate of drug-likeness (QED) is 0.362. The van der Waals surface area contributed by atoms with Gasteiger partial charge in [-0.1, -0.05) is 43.3 Å². The van der Waals surface area contributed by atoms with Crippen LogP contribution in [0.1, 0.15) is 35.1 Å². The maximum atomic E-state index is 15.1. The number of methoxy groups -OCH3 is 1. The number of benzene rings is 3. The lowest BCUT2D eigenvalue weighted by atomic mass is 9.83. The Morgan fingerprint density at radius 3 is 2.26 bits per heavy atom. The van der Waals surface area contributed by atoms with E-state index in [4.69, 9.17) is 4.74 Å². The summed E-state index contributed by atoms with van der Waals surface area (Å²) >= 11 is 0. The van der Waals surface area contributed by atoms with Gasteiger partial charge in [0.1, 0.15) is 11.6 Å². The molecule has 0 bridgehead atoms. The van der Waals surface area contributed by atoms with Crippen LogP contribution in [0.3, 0.4) is 0 Å². The van der Waals surface area contributed by atoms with Crippen molar-refractivity contribution in [3.8, 4) is 5.75 Å². The van der Waals surface area contributed by atoms with E-state index in [1.54, 1.807) is 50.2 Å². The molecule has 0 heterocycles. The molecule has 0 saturated heterocycles. The van der Waals surface area contributed by atoms with Crippen molar-refractivity contribution in [2.45, 2.75) is 43.8 Å². The fourth-order valence-electron chi connectivity index (χ4n) is 3.99. The lowest BCUT2D eigenvalue weighted by molar-refractivity contribution is -0.146. The molecule has 0 aromatic heterocycles. The number of nitrogens with one attached hydrogen (secondary N) is 2. The molecule has 0 aliphatic carbocycles. The molecule has 35 heavy (non-hydrogen) atoms. The number of aliphatic carboxylic acids is 1. The lowest BCUT2D eigenvalue weighted by Gasteiger charge is -2.38. The maximum Gasteiger partial charge on any atom is 0.340 e. The van der Waals surface area contributed by atoms with Crippen LogP contribution in [0.25, 0.3) is 0 Å². The molecule has 3 aromatic rings. The molecule has 7 nitrogen and oxygen atoms in total. The molecule has 0 fully saturated rings. The molecule has 0 aliphatic rings. The number of rotatable bonds is 10. The van der Waals surface area contributed by atoms with E-state index in [0.717, 1.165) is 5.56 Å². The molecule has 0 saturated carbocycles. The average molecular weight is 501 g/mol. The van der Waals surface area contributed by atoms with E-state index >= 15 is 4.39 Å². The zero-order valence-corrected chi connectivity index (χ0v) is 20.8. The summed E-state index contributed by atoms with van der Waals surface area (Å²) in [6.07, 6.45) is 0. The summed E-state index contributed by atoms with van der Waals surface area (Å²) < 4.78 is 49.2. The SMILES string of the molecule is COc1ccc(CNC(NS(=O)(=O)c2ccccc2)(C(=O)O)C(C)c2c(F)ccc(C)c2C)cc1. The smallest absolute Gasteiger partial charge is 0.340 e. The second-order valence-electron chi connectivity index (χ2n) is 8.36. The first-order valence-electron chi connectivity index (χ1n) is 11.0. The second kappa shape index (κ2) is 10.6. The highest BCUT2D eigenvalue weighted by Crippen LogP contribution is 2.34. The van der Waals surface area contributed by atoms with Crippen molar-refractivity contribution < 1.29 is 27.4 Å². The van der Waals surface area contributed by atoms with Crippen LogP contribution in [0, 0.1) is 19.7 Å². The van der Waals surface area contributed by atoms with E-state index < -0.39 is 33.4 Å². The van der Waals surface area contributed by atoms with Gasteiger partial charge in [-0.2, -0.15) is 4.72 Å². The molecule has 0 amide bonds. The lowest BCUT2D eigenvalue weighted by Crippen LogP contribution is -2.66. The monoisotopic (exact) mass is 500 g/mol. The number of ether oxygens (including phenoxy) is 1. The normalized spacial score (nSPS) is 14.2. The molecule has 0 aliphatic heterocycles. The Balaban J connectivity index is 2.12. The third kappa shape index (κ3) is 5.53. The van der Waals surface area contributed by atoms with E-state index in [-0.39, 0.29) is 17.0 Å². The summed E-state index contributed by atoms with van der Waals surface area (Å²) in [5.74, 6) is -2.61. The summed E-state index contributed by atoms with van der Waals surface area (Å²) in [7, 11) is -2.77. The van der Waals surface area contributed by atoms with Crippen molar-refractivity contribution in [1.29, 1.82) is 0 Å². The van der Waals surface area contributed by atoms with Crippen LogP contribution in [0.4, 0.5) is 4.39 Å². The number of hydrogen-bond donors (Lipinski definition) is 3. The van der Waals surface area contributed by atoms with E-state index in [1.807, 2.05) is 0 Å². The van der Waals surface area contributed by atoms with Crippen LogP contribution < -0.4 is 14.8 Å². The summed E-state index contributed by atoms with van der Waals surface area (Å²) in [4.78, 5) is 12.7. The minimum atomic E-state index is -4.30. The molecule has 3 N–H and O–H groups in total. The van der Waals surface area contributed by atoms with Crippen LogP contribution in [0.15, 0.2) is 71.6 Å². The number of carbonyl (C=O) groups is 1. The van der Waals surface area contributed by atoms with E-state index in [0.29, 0.717) is 16.9 Å². The molecule has 9 heteroatoms. The van der Waals surface area contributed by atoms with Crippen molar-refractivity contribution in [2.24, 2.45) is 0 Å². The second-order valence-corrected chi connectivity index (χ2v) is 10.0. The van der Waals surface area contributed by atoms with Crippen molar-refractivity contribution in [2.75, 3.05) is 7.11 Å². The summed E-state index contributed by atoms with van der Waals surface area (Å²) in [5, 5.41) is 13.3. The summed E-state index contributed by atoms with van der Waals surface area (Å²) in [6, 6.07) is 17.2. The van der Waals surface area contributed by atoms with Gasteiger partial charge in [0.25, 0.3) is 0 Å². The van der Waals surface area contributed by atoms with Gasteiger partial charge >= 0.3 is 5.97 Å². The van der Waals surface area contributed by atoms with Crippen LogP contribution in [0.2, 0.25) is 0 Å². The molecule has 0 radical (unpaired) electrons. The molecule has 2 atom stereocenters. The van der Waals surface area contributed by atoms with Gasteiger partial charge in [0, 0.05) is 12.5 Å². The highest BCUT2D eigenvalue weighted by atomic mass is 32.2. The highest BCUT2D eigenvalue weighted by molar-refractivity contribution is 7.89. The first-order chi connectivity index (χ1) is 16.5. The third-order valence-electron chi connectivity index (χ3n) is 6.23. The Kier molecular flexibility index (Phi) is 7.94. The van der Waals surface area contributed by atoms with Crippen LogP contribution in [-0.2, 0) is 21.4 Å². The van der Waals surface area contributed by atoms with Gasteiger partial charge < -0.3 is 9.84 Å². The number of halogens is 1. The Hall–Kier alpha value is -3.27. The number of aryl methyl sites for hydroxylation is 1. The van der Waals surface area contributed by atoms with Crippen molar-refractivity contribution in [3.05, 3.63) is 94.8 Å². The first kappa shape index (κ1) is 26.3. The van der Waals surface area contributed by atoms with Gasteiger partial charge in [0.2, 0.25) is 10.0 Å². The van der Waals surface area contributed by atoms with Crippen molar-refractivity contribution in [3.63, 3.8) is 0 Å². The van der Waals surface area contributed by atoms with Gasteiger partial charge in [0.05, 0.1) is 12.0 Å². The minimum Gasteiger partial charge on any atom is -0.497 e. The number of hydrogen-bond acceptors (Lipinski definition) is 5. The van der Waals surface area contributed by atoms with E-state index in [9.17, 15) is 18.3 Å². The Morgan fingerprint density at radius 1 is 1.06 bits per heavy atom. The van der Waals surface area contributed by atoms with Crippen LogP contribution in [-0.4, -0.2) is 32.3 Å². The number of carboxylic acids is 1. The first-order valence-corrected chi connectivity index (χ1v) is 12.5. The standard InChI is InChI=1S/C26H29FN2O5S/c1-17-10-15-23(27)24(18(17)2)19(3)26(25(30)31,28-16-20-11-13-21(34-4)14-12-20)29-35(32,33)22-8-6-5-7-9-22/h5-15,19,28-29H,16H2,1-4H3,(H,30,31). The maximum absolute atomic E-state index is 15.1. The third-order valence-corrected chi connectivity index (χ3v) is 7.72. The van der Waals surface area contributed by atoms with Crippen molar-refractivity contribution >= 4 is 16.0 Å². The predicted octanol–water partition coefficient (Wildman–Crippen LogP) is 4.10. The van der Waals surface area contributed by atoms with Crippen molar-refractivity contribution in [1.82, 2.24) is 10.0 Å². The molecule has 3 rings (SSSR count). The summed E-state index contributed by atoms with van der Waals surface area (Å²) in [6.45, 7) is 4.95.